The van der Waals surface area contributed by atoms with Crippen LogP contribution in [0.5, 0.6) is 0 Å². The average Bonchev–Trinajstić information content (AvgIpc) is 2.51. The largest absolute Gasteiger partial charge is 0.333 e. The van der Waals surface area contributed by atoms with E-state index in [9.17, 15) is 0 Å². The molecule has 2 N–H and O–H groups in total. The fourth-order valence-corrected chi connectivity index (χ4v) is 2.48. The molecule has 1 aliphatic heterocycles. The van der Waals surface area contributed by atoms with Crippen LogP contribution in [-0.2, 0) is 0 Å². The first-order chi connectivity index (χ1) is 9.43. The van der Waals surface area contributed by atoms with Gasteiger partial charge in [-0.2, -0.15) is 0 Å². The van der Waals surface area contributed by atoms with Gasteiger partial charge in [-0.15, -0.1) is 0 Å². The first-order valence-corrected chi connectivity index (χ1v) is 8.73. The molecule has 19 heavy (non-hydrogen) atoms. The molecule has 1 rings (SSSR count). The molecule has 0 aromatic heterocycles. The quantitative estimate of drug-likeness (QED) is 0.642. The van der Waals surface area contributed by atoms with Crippen molar-refractivity contribution >= 4 is 0 Å². The minimum Gasteiger partial charge on any atom is -0.333 e. The lowest BCUT2D eigenvalue weighted by Gasteiger charge is -2.26. The highest BCUT2D eigenvalue weighted by molar-refractivity contribution is 4.64. The van der Waals surface area contributed by atoms with Crippen LogP contribution >= 0.6 is 0 Å². The molecule has 1 aliphatic rings. The van der Waals surface area contributed by atoms with Crippen LogP contribution in [0, 0.1) is 0 Å². The van der Waals surface area contributed by atoms with Crippen molar-refractivity contribution in [2.24, 2.45) is 5.73 Å². The summed E-state index contributed by atoms with van der Waals surface area (Å²) in [7, 11) is 1.50. The van der Waals surface area contributed by atoms with Crippen LogP contribution < -0.4 is 5.73 Å². The summed E-state index contributed by atoms with van der Waals surface area (Å²) in [5.41, 5.74) is 4.50. The van der Waals surface area contributed by atoms with Crippen LogP contribution in [0.2, 0.25) is 0 Å². The molecule has 0 unspecified atom stereocenters. The zero-order valence-corrected chi connectivity index (χ0v) is 14.2. The predicted octanol–water partition coefficient (Wildman–Crippen LogP) is 4.82. The van der Waals surface area contributed by atoms with Crippen LogP contribution in [-0.4, -0.2) is 31.6 Å². The minimum atomic E-state index is 1.37. The van der Waals surface area contributed by atoms with E-state index in [2.05, 4.69) is 17.6 Å². The van der Waals surface area contributed by atoms with Gasteiger partial charge in [-0.25, -0.2) is 0 Å². The van der Waals surface area contributed by atoms with E-state index in [4.69, 9.17) is 0 Å². The summed E-state index contributed by atoms with van der Waals surface area (Å²) in [5.74, 6) is 0. The van der Waals surface area contributed by atoms with Crippen molar-refractivity contribution in [3.05, 3.63) is 0 Å². The molecule has 118 valence electrons. The molecule has 0 aromatic rings. The molecule has 1 fully saturated rings. The number of hydrogen-bond donors (Lipinski definition) is 1. The van der Waals surface area contributed by atoms with Crippen molar-refractivity contribution in [3.8, 4) is 0 Å². The Balaban J connectivity index is 0. The first kappa shape index (κ1) is 21.2. The van der Waals surface area contributed by atoms with Gasteiger partial charge in [0.25, 0.3) is 0 Å². The summed E-state index contributed by atoms with van der Waals surface area (Å²) in [6, 6.07) is 0. The third-order valence-corrected chi connectivity index (χ3v) is 3.53. The van der Waals surface area contributed by atoms with Crippen LogP contribution in [0.15, 0.2) is 0 Å². The molecule has 0 atom stereocenters. The lowest BCUT2D eigenvalue weighted by molar-refractivity contribution is 0.224. The van der Waals surface area contributed by atoms with E-state index in [1.54, 1.807) is 0 Å². The van der Waals surface area contributed by atoms with Gasteiger partial charge >= 0.3 is 0 Å². The number of likely N-dealkylation sites (tertiary alicyclic amines) is 1. The normalized spacial score (nSPS) is 15.0. The van der Waals surface area contributed by atoms with Gasteiger partial charge in [0.2, 0.25) is 0 Å². The zero-order chi connectivity index (χ0) is 14.8. The van der Waals surface area contributed by atoms with Gasteiger partial charge in [0, 0.05) is 0 Å². The summed E-state index contributed by atoms with van der Waals surface area (Å²) < 4.78 is 0. The Kier molecular flexibility index (Phi) is 22.6. The second kappa shape index (κ2) is 20.2. The van der Waals surface area contributed by atoms with Crippen LogP contribution in [0.3, 0.4) is 0 Å². The monoisotopic (exact) mass is 272 g/mol. The minimum absolute atomic E-state index is 1.37. The number of nitrogens with zero attached hydrogens (tertiary/aromatic N) is 1. The molecular weight excluding hydrogens is 232 g/mol. The van der Waals surface area contributed by atoms with Crippen molar-refractivity contribution in [3.63, 3.8) is 0 Å². The van der Waals surface area contributed by atoms with Crippen molar-refractivity contribution in [2.45, 2.75) is 85.0 Å². The second-order valence-electron chi connectivity index (χ2n) is 5.02. The third-order valence-electron chi connectivity index (χ3n) is 3.53. The smallest absolute Gasteiger partial charge is 0.00187 e. The van der Waals surface area contributed by atoms with Crippen molar-refractivity contribution in [1.82, 2.24) is 4.90 Å². The SMILES string of the molecule is CC.CCCCCCCCCN1CCCCC1.CN. The highest BCUT2D eigenvalue weighted by Crippen LogP contribution is 2.11. The van der Waals surface area contributed by atoms with E-state index in [1.165, 1.54) is 90.9 Å². The standard InChI is InChI=1S/C14H29N.C2H6.CH5N/c1-2-3-4-5-6-7-9-12-15-13-10-8-11-14-15;2*1-2/h2-14H2,1H3;1-2H3;2H2,1H3. The summed E-state index contributed by atoms with van der Waals surface area (Å²) in [6.07, 6.45) is 14.4. The van der Waals surface area contributed by atoms with Crippen molar-refractivity contribution in [2.75, 3.05) is 26.7 Å². The predicted molar refractivity (Wildman–Crippen MR) is 89.7 cm³/mol. The van der Waals surface area contributed by atoms with Gasteiger partial charge in [-0.3, -0.25) is 0 Å². The summed E-state index contributed by atoms with van der Waals surface area (Å²) in [5, 5.41) is 0. The van der Waals surface area contributed by atoms with Crippen molar-refractivity contribution < 1.29 is 0 Å². The Hall–Kier alpha value is -0.0800. The van der Waals surface area contributed by atoms with Crippen LogP contribution in [0.4, 0.5) is 0 Å². The lowest BCUT2D eigenvalue weighted by Crippen LogP contribution is -2.30. The highest BCUT2D eigenvalue weighted by Gasteiger charge is 2.08. The first-order valence-electron chi connectivity index (χ1n) is 8.73. The Labute approximate surface area is 123 Å². The molecule has 1 heterocycles. The fraction of sp³-hybridized carbons (Fsp3) is 1.00. The van der Waals surface area contributed by atoms with Gasteiger partial charge in [0.15, 0.2) is 0 Å². The zero-order valence-electron chi connectivity index (χ0n) is 14.2. The van der Waals surface area contributed by atoms with Gasteiger partial charge in [0.1, 0.15) is 0 Å². The summed E-state index contributed by atoms with van der Waals surface area (Å²) >= 11 is 0. The molecule has 0 amide bonds. The van der Waals surface area contributed by atoms with Gasteiger partial charge in [-0.1, -0.05) is 65.7 Å². The van der Waals surface area contributed by atoms with Crippen molar-refractivity contribution in [1.29, 1.82) is 0 Å². The van der Waals surface area contributed by atoms with E-state index in [0.717, 1.165) is 0 Å². The molecule has 0 spiro atoms. The molecule has 0 radical (unpaired) electrons. The number of piperidine rings is 1. The van der Waals surface area contributed by atoms with Crippen LogP contribution in [0.25, 0.3) is 0 Å². The molecular formula is C17H40N2. The lowest BCUT2D eigenvalue weighted by atomic mass is 10.1. The topological polar surface area (TPSA) is 29.3 Å². The number of rotatable bonds is 8. The molecule has 0 aliphatic carbocycles. The highest BCUT2D eigenvalue weighted by atomic mass is 15.1. The molecule has 2 heteroatoms. The fourth-order valence-electron chi connectivity index (χ4n) is 2.48. The molecule has 0 saturated carbocycles. The Bertz CT molecular complexity index is 131. The molecule has 2 nitrogen and oxygen atoms in total. The van der Waals surface area contributed by atoms with E-state index >= 15 is 0 Å². The molecule has 1 saturated heterocycles. The summed E-state index contributed by atoms with van der Waals surface area (Å²) in [6.45, 7) is 10.4. The average molecular weight is 273 g/mol. The van der Waals surface area contributed by atoms with Gasteiger partial charge < -0.3 is 10.6 Å². The number of unbranched alkanes of at least 4 members (excludes halogenated alkanes) is 6. The Morgan fingerprint density at radius 1 is 0.737 bits per heavy atom. The number of nitrogens with two attached hydrogens (primary N) is 1. The van der Waals surface area contributed by atoms with Gasteiger partial charge in [0.05, 0.1) is 0 Å². The van der Waals surface area contributed by atoms with E-state index in [0.29, 0.717) is 0 Å². The Morgan fingerprint density at radius 2 is 1.21 bits per heavy atom. The maximum atomic E-state index is 4.50. The maximum Gasteiger partial charge on any atom is -0.00187 e. The third kappa shape index (κ3) is 15.9. The van der Waals surface area contributed by atoms with E-state index < -0.39 is 0 Å². The second-order valence-corrected chi connectivity index (χ2v) is 5.02. The molecule has 0 aromatic carbocycles. The van der Waals surface area contributed by atoms with E-state index in [-0.39, 0.29) is 0 Å². The molecule has 0 bridgehead atoms. The maximum absolute atomic E-state index is 4.50. The van der Waals surface area contributed by atoms with Gasteiger partial charge in [-0.05, 0) is 45.9 Å². The van der Waals surface area contributed by atoms with Crippen LogP contribution in [0.1, 0.15) is 85.0 Å². The van der Waals surface area contributed by atoms with E-state index in [1.807, 2.05) is 13.8 Å². The number of hydrogen-bond acceptors (Lipinski definition) is 2. The summed E-state index contributed by atoms with van der Waals surface area (Å²) in [4.78, 5) is 2.66. The Morgan fingerprint density at radius 3 is 1.74 bits per heavy atom.